The molecule has 6 aromatic rings. The highest BCUT2D eigenvalue weighted by molar-refractivity contribution is 6.18. The van der Waals surface area contributed by atoms with E-state index in [1.54, 1.807) is 0 Å². The number of benzene rings is 6. The molecule has 0 fully saturated rings. The summed E-state index contributed by atoms with van der Waals surface area (Å²) in [6, 6.07) is 45.5. The maximum atomic E-state index is 2.42. The lowest BCUT2D eigenvalue weighted by Crippen LogP contribution is -2.19. The van der Waals surface area contributed by atoms with Gasteiger partial charge in [-0.25, -0.2) is 0 Å². The summed E-state index contributed by atoms with van der Waals surface area (Å²) in [6.07, 6.45) is 15.0. The lowest BCUT2D eigenvalue weighted by atomic mass is 9.67. The molecule has 4 aliphatic carbocycles. The average molecular weight is 585 g/mol. The monoisotopic (exact) mass is 584 g/mol. The molecule has 0 aliphatic heterocycles. The molecule has 46 heavy (non-hydrogen) atoms. The molecule has 0 radical (unpaired) electrons. The smallest absolute Gasteiger partial charge is 0.0139 e. The van der Waals surface area contributed by atoms with E-state index in [4.69, 9.17) is 0 Å². The molecule has 0 saturated carbocycles. The summed E-state index contributed by atoms with van der Waals surface area (Å²) in [5, 5.41) is 5.33. The van der Waals surface area contributed by atoms with E-state index in [0.29, 0.717) is 5.92 Å². The Bertz CT molecular complexity index is 2390. The van der Waals surface area contributed by atoms with Gasteiger partial charge in [0.1, 0.15) is 0 Å². The van der Waals surface area contributed by atoms with Crippen molar-refractivity contribution < 1.29 is 0 Å². The molecule has 10 rings (SSSR count). The summed E-state index contributed by atoms with van der Waals surface area (Å²) < 4.78 is 0. The normalized spacial score (nSPS) is 17.7. The van der Waals surface area contributed by atoms with Gasteiger partial charge in [-0.2, -0.15) is 0 Å². The number of hydrogen-bond acceptors (Lipinski definition) is 0. The Kier molecular flexibility index (Phi) is 5.63. The molecule has 0 heterocycles. The Morgan fingerprint density at radius 2 is 1.26 bits per heavy atom. The number of hydrogen-bond donors (Lipinski definition) is 0. The highest BCUT2D eigenvalue weighted by Gasteiger charge is 2.34. The molecule has 0 aromatic heterocycles. The van der Waals surface area contributed by atoms with Gasteiger partial charge >= 0.3 is 0 Å². The topological polar surface area (TPSA) is 0 Å². The summed E-state index contributed by atoms with van der Waals surface area (Å²) in [5.41, 5.74) is 18.0. The van der Waals surface area contributed by atoms with Crippen LogP contribution in [0.4, 0.5) is 0 Å². The van der Waals surface area contributed by atoms with Crippen molar-refractivity contribution in [1.29, 1.82) is 0 Å². The van der Waals surface area contributed by atoms with E-state index in [-0.39, 0.29) is 0 Å². The van der Waals surface area contributed by atoms with Gasteiger partial charge in [0.2, 0.25) is 0 Å². The van der Waals surface area contributed by atoms with Gasteiger partial charge in [-0.1, -0.05) is 146 Å². The summed E-state index contributed by atoms with van der Waals surface area (Å²) >= 11 is 0. The van der Waals surface area contributed by atoms with Crippen LogP contribution in [0.2, 0.25) is 0 Å². The summed E-state index contributed by atoms with van der Waals surface area (Å²) in [4.78, 5) is 0. The molecule has 0 N–H and O–H groups in total. The van der Waals surface area contributed by atoms with Crippen LogP contribution in [-0.2, 0) is 0 Å². The summed E-state index contributed by atoms with van der Waals surface area (Å²) in [5.74, 6) is 0.365. The lowest BCUT2D eigenvalue weighted by Gasteiger charge is -2.37. The molecule has 6 aromatic carbocycles. The standard InChI is InChI=1S/C46H32/c1-2-11-32-28-33(25-20-29(32)10-1)45-41-16-7-5-14-39(41)44(40-15-6-8-17-42(40)45)31-23-21-30(22-24-31)34-26-27-43-36-13-4-3-12-35(36)38-19-9-18-37(34)46(38)43/h1-7,9-15,18-28,41H,8,16-17H2. The van der Waals surface area contributed by atoms with Crippen LogP contribution in [0.25, 0.3) is 66.1 Å². The summed E-state index contributed by atoms with van der Waals surface area (Å²) in [7, 11) is 0. The SMILES string of the molecule is C1=CCC2C(=C1)C(c1ccc(-c3ccc4c5c(cccc35)-c3ccccc3-4)cc1)=C1C=CCCC1=C2c1ccc2ccccc2c1. The van der Waals surface area contributed by atoms with Gasteiger partial charge < -0.3 is 0 Å². The van der Waals surface area contributed by atoms with E-state index in [0.717, 1.165) is 19.3 Å². The molecule has 0 bridgehead atoms. The van der Waals surface area contributed by atoms with Gasteiger partial charge in [-0.05, 0) is 119 Å². The first-order chi connectivity index (χ1) is 22.8. The van der Waals surface area contributed by atoms with Gasteiger partial charge in [0.05, 0.1) is 0 Å². The second kappa shape index (κ2) is 10.0. The zero-order chi connectivity index (χ0) is 30.2. The van der Waals surface area contributed by atoms with Crippen LogP contribution >= 0.6 is 0 Å². The molecule has 0 heteroatoms. The molecule has 1 unspecified atom stereocenters. The Hall–Kier alpha value is -5.46. The minimum atomic E-state index is 0.365. The zero-order valence-electron chi connectivity index (χ0n) is 25.6. The second-order valence-corrected chi connectivity index (χ2v) is 13.0. The first kappa shape index (κ1) is 25.8. The van der Waals surface area contributed by atoms with Crippen molar-refractivity contribution in [1.82, 2.24) is 0 Å². The molecule has 0 spiro atoms. The average Bonchev–Trinajstić information content (AvgIpc) is 3.45. The molecule has 216 valence electrons. The predicted octanol–water partition coefficient (Wildman–Crippen LogP) is 12.4. The fourth-order valence-corrected chi connectivity index (χ4v) is 8.64. The van der Waals surface area contributed by atoms with Gasteiger partial charge in [0.25, 0.3) is 0 Å². The third-order valence-corrected chi connectivity index (χ3v) is 10.7. The van der Waals surface area contributed by atoms with Crippen molar-refractivity contribution >= 4 is 32.7 Å². The van der Waals surface area contributed by atoms with Crippen LogP contribution in [0, 0.1) is 5.92 Å². The Morgan fingerprint density at radius 1 is 0.543 bits per heavy atom. The fourth-order valence-electron chi connectivity index (χ4n) is 8.64. The van der Waals surface area contributed by atoms with Crippen LogP contribution in [0.15, 0.2) is 168 Å². The van der Waals surface area contributed by atoms with Crippen molar-refractivity contribution in [2.75, 3.05) is 0 Å². The fraction of sp³-hybridized carbons (Fsp3) is 0.0870. The maximum Gasteiger partial charge on any atom is 0.0139 e. The highest BCUT2D eigenvalue weighted by atomic mass is 14.4. The van der Waals surface area contributed by atoms with Crippen molar-refractivity contribution in [2.45, 2.75) is 19.3 Å². The van der Waals surface area contributed by atoms with Gasteiger partial charge in [-0.3, -0.25) is 0 Å². The summed E-state index contributed by atoms with van der Waals surface area (Å²) in [6.45, 7) is 0. The van der Waals surface area contributed by atoms with Crippen LogP contribution in [0.5, 0.6) is 0 Å². The van der Waals surface area contributed by atoms with Crippen molar-refractivity contribution in [3.05, 3.63) is 180 Å². The van der Waals surface area contributed by atoms with Crippen LogP contribution < -0.4 is 0 Å². The van der Waals surface area contributed by atoms with E-state index < -0.39 is 0 Å². The number of rotatable bonds is 3. The third-order valence-electron chi connectivity index (χ3n) is 10.7. The highest BCUT2D eigenvalue weighted by Crippen LogP contribution is 2.53. The molecule has 0 amide bonds. The number of fused-ring (bicyclic) bond motifs is 6. The first-order valence-corrected chi connectivity index (χ1v) is 16.6. The third kappa shape index (κ3) is 3.74. The van der Waals surface area contributed by atoms with Gasteiger partial charge in [-0.15, -0.1) is 0 Å². The first-order valence-electron chi connectivity index (χ1n) is 16.6. The van der Waals surface area contributed by atoms with Crippen molar-refractivity contribution in [3.8, 4) is 33.4 Å². The van der Waals surface area contributed by atoms with Crippen LogP contribution in [0.3, 0.4) is 0 Å². The van der Waals surface area contributed by atoms with E-state index in [2.05, 4.69) is 152 Å². The lowest BCUT2D eigenvalue weighted by molar-refractivity contribution is 0.784. The van der Waals surface area contributed by atoms with Crippen molar-refractivity contribution in [3.63, 3.8) is 0 Å². The van der Waals surface area contributed by atoms with Crippen molar-refractivity contribution in [2.24, 2.45) is 5.92 Å². The minimum Gasteiger partial charge on any atom is -0.0836 e. The maximum absolute atomic E-state index is 2.42. The molecular formula is C46H32. The van der Waals surface area contributed by atoms with E-state index in [9.17, 15) is 0 Å². The molecule has 0 saturated heterocycles. The van der Waals surface area contributed by atoms with Crippen LogP contribution in [0.1, 0.15) is 30.4 Å². The van der Waals surface area contributed by atoms with Gasteiger partial charge in [0.15, 0.2) is 0 Å². The Morgan fingerprint density at radius 3 is 2.13 bits per heavy atom. The molecule has 4 aliphatic rings. The Balaban J connectivity index is 1.12. The van der Waals surface area contributed by atoms with Gasteiger partial charge in [0, 0.05) is 5.92 Å². The number of allylic oxidation sites excluding steroid dienone is 10. The van der Waals surface area contributed by atoms with Crippen LogP contribution in [-0.4, -0.2) is 0 Å². The second-order valence-electron chi connectivity index (χ2n) is 13.0. The largest absolute Gasteiger partial charge is 0.0836 e. The van der Waals surface area contributed by atoms with E-state index >= 15 is 0 Å². The molecular weight excluding hydrogens is 553 g/mol. The minimum absolute atomic E-state index is 0.365. The quantitative estimate of drug-likeness (QED) is 0.194. The predicted molar refractivity (Wildman–Crippen MR) is 195 cm³/mol. The zero-order valence-corrected chi connectivity index (χ0v) is 25.6. The molecule has 0 nitrogen and oxygen atoms in total. The van der Waals surface area contributed by atoms with E-state index in [1.165, 1.54) is 93.9 Å². The Labute approximate surface area is 270 Å². The van der Waals surface area contributed by atoms with E-state index in [1.807, 2.05) is 0 Å². The molecule has 1 atom stereocenters.